The Balaban J connectivity index is 3.52. The van der Waals surface area contributed by atoms with Crippen LogP contribution in [0.4, 0.5) is 0 Å². The van der Waals surface area contributed by atoms with Crippen molar-refractivity contribution in [2.75, 3.05) is 38.2 Å². The van der Waals surface area contributed by atoms with Crippen molar-refractivity contribution in [1.29, 1.82) is 0 Å². The summed E-state index contributed by atoms with van der Waals surface area (Å²) in [5.74, 6) is 2.19. The molecule has 0 aliphatic carbocycles. The lowest BCUT2D eigenvalue weighted by molar-refractivity contribution is -0.140. The van der Waals surface area contributed by atoms with Crippen LogP contribution in [0.1, 0.15) is 20.3 Å². The van der Waals surface area contributed by atoms with E-state index >= 15 is 0 Å². The molecule has 0 aromatic heterocycles. The molecule has 0 aliphatic rings. The number of methoxy groups -OCH3 is 1. The number of esters is 1. The summed E-state index contributed by atoms with van der Waals surface area (Å²) in [5.41, 5.74) is 0. The first-order chi connectivity index (χ1) is 6.74. The third kappa shape index (κ3) is 7.21. The quantitative estimate of drug-likeness (QED) is 0.458. The third-order valence-corrected chi connectivity index (χ3v) is 2.94. The molecule has 3 nitrogen and oxygen atoms in total. The summed E-state index contributed by atoms with van der Waals surface area (Å²) in [6.07, 6.45) is 0.501. The van der Waals surface area contributed by atoms with Crippen LogP contribution in [0.5, 0.6) is 0 Å². The molecule has 0 atom stereocenters. The van der Waals surface area contributed by atoms with Crippen molar-refractivity contribution >= 4 is 17.7 Å². The monoisotopic (exact) mass is 219 g/mol. The average molecular weight is 219 g/mol. The molecular formula is C10H21NO2S. The largest absolute Gasteiger partial charge is 0.469 e. The van der Waals surface area contributed by atoms with Crippen molar-refractivity contribution in [3.05, 3.63) is 0 Å². The molecule has 0 unspecified atom stereocenters. The van der Waals surface area contributed by atoms with Gasteiger partial charge in [0.1, 0.15) is 0 Å². The van der Waals surface area contributed by atoms with Crippen LogP contribution in [0.15, 0.2) is 0 Å². The van der Waals surface area contributed by atoms with Crippen LogP contribution in [0.2, 0.25) is 0 Å². The number of nitrogens with zero attached hydrogens (tertiary/aromatic N) is 1. The first-order valence-electron chi connectivity index (χ1n) is 5.11. The minimum Gasteiger partial charge on any atom is -0.469 e. The van der Waals surface area contributed by atoms with Crippen LogP contribution >= 0.6 is 11.8 Å². The highest BCUT2D eigenvalue weighted by Gasteiger charge is 2.05. The third-order valence-electron chi connectivity index (χ3n) is 2.06. The summed E-state index contributed by atoms with van der Waals surface area (Å²) in [7, 11) is 1.44. The Morgan fingerprint density at radius 2 is 2.07 bits per heavy atom. The zero-order valence-electron chi connectivity index (χ0n) is 9.41. The van der Waals surface area contributed by atoms with Crippen molar-refractivity contribution in [2.45, 2.75) is 20.3 Å². The molecule has 14 heavy (non-hydrogen) atoms. The summed E-state index contributed by atoms with van der Waals surface area (Å²) in [6, 6.07) is 0. The second-order valence-electron chi connectivity index (χ2n) is 2.96. The number of hydrogen-bond donors (Lipinski definition) is 0. The molecule has 0 saturated carbocycles. The molecule has 0 N–H and O–H groups in total. The molecule has 0 fully saturated rings. The lowest BCUT2D eigenvalue weighted by atomic mass is 10.4. The maximum Gasteiger partial charge on any atom is 0.306 e. The van der Waals surface area contributed by atoms with Gasteiger partial charge in [-0.05, 0) is 12.3 Å². The van der Waals surface area contributed by atoms with E-state index in [9.17, 15) is 4.79 Å². The number of rotatable bonds is 8. The predicted octanol–water partition coefficient (Wildman–Crippen LogP) is 1.62. The standard InChI is InChI=1S/C10H21NO2S/c1-4-11(8-9-14-5-2)7-6-10(12)13-3/h4-9H2,1-3H3. The number of thioether (sulfide) groups is 1. The second-order valence-corrected chi connectivity index (χ2v) is 4.35. The summed E-state index contributed by atoms with van der Waals surface area (Å²) in [4.78, 5) is 13.2. The van der Waals surface area contributed by atoms with Crippen LogP contribution in [0, 0.1) is 0 Å². The molecular weight excluding hydrogens is 198 g/mol. The molecule has 0 heterocycles. The van der Waals surface area contributed by atoms with E-state index in [2.05, 4.69) is 23.5 Å². The van der Waals surface area contributed by atoms with Crippen molar-refractivity contribution in [3.8, 4) is 0 Å². The topological polar surface area (TPSA) is 29.5 Å². The van der Waals surface area contributed by atoms with Crippen molar-refractivity contribution in [1.82, 2.24) is 4.90 Å². The highest BCUT2D eigenvalue weighted by molar-refractivity contribution is 7.99. The van der Waals surface area contributed by atoms with Gasteiger partial charge in [-0.2, -0.15) is 11.8 Å². The predicted molar refractivity (Wildman–Crippen MR) is 61.7 cm³/mol. The van der Waals surface area contributed by atoms with Gasteiger partial charge in [-0.1, -0.05) is 13.8 Å². The van der Waals surface area contributed by atoms with Gasteiger partial charge in [0.05, 0.1) is 13.5 Å². The Labute approximate surface area is 91.2 Å². The van der Waals surface area contributed by atoms with E-state index in [1.807, 2.05) is 11.8 Å². The normalized spacial score (nSPS) is 10.6. The van der Waals surface area contributed by atoms with Gasteiger partial charge in [0, 0.05) is 18.8 Å². The summed E-state index contributed by atoms with van der Waals surface area (Å²) < 4.78 is 4.60. The Morgan fingerprint density at radius 3 is 2.57 bits per heavy atom. The van der Waals surface area contributed by atoms with E-state index in [4.69, 9.17) is 0 Å². The number of hydrogen-bond acceptors (Lipinski definition) is 4. The summed E-state index contributed by atoms with van der Waals surface area (Å²) in [5, 5.41) is 0. The zero-order valence-corrected chi connectivity index (χ0v) is 10.2. The van der Waals surface area contributed by atoms with Gasteiger partial charge in [0.25, 0.3) is 0 Å². The molecule has 0 bridgehead atoms. The molecule has 0 rings (SSSR count). The van der Waals surface area contributed by atoms with E-state index in [0.29, 0.717) is 6.42 Å². The summed E-state index contributed by atoms with van der Waals surface area (Å²) >= 11 is 1.93. The molecule has 84 valence electrons. The van der Waals surface area contributed by atoms with Gasteiger partial charge < -0.3 is 9.64 Å². The fraction of sp³-hybridized carbons (Fsp3) is 0.900. The van der Waals surface area contributed by atoms with Gasteiger partial charge in [0.15, 0.2) is 0 Å². The van der Waals surface area contributed by atoms with Crippen LogP contribution in [0.3, 0.4) is 0 Å². The molecule has 0 aromatic rings. The van der Waals surface area contributed by atoms with Crippen molar-refractivity contribution in [3.63, 3.8) is 0 Å². The minimum absolute atomic E-state index is 0.119. The maximum absolute atomic E-state index is 10.9. The van der Waals surface area contributed by atoms with E-state index in [1.54, 1.807) is 0 Å². The van der Waals surface area contributed by atoms with Crippen LogP contribution in [0.25, 0.3) is 0 Å². The smallest absolute Gasteiger partial charge is 0.306 e. The first kappa shape index (κ1) is 13.8. The Kier molecular flexibility index (Phi) is 9.19. The number of carbonyl (C=O) groups excluding carboxylic acids is 1. The Bertz CT molecular complexity index is 153. The molecule has 0 aromatic carbocycles. The fourth-order valence-corrected chi connectivity index (χ4v) is 1.79. The van der Waals surface area contributed by atoms with Crippen molar-refractivity contribution < 1.29 is 9.53 Å². The zero-order chi connectivity index (χ0) is 10.8. The van der Waals surface area contributed by atoms with E-state index < -0.39 is 0 Å². The molecule has 0 aliphatic heterocycles. The molecule has 0 saturated heterocycles. The van der Waals surface area contributed by atoms with Gasteiger partial charge in [0.2, 0.25) is 0 Å². The Morgan fingerprint density at radius 1 is 1.36 bits per heavy atom. The van der Waals surface area contributed by atoms with Crippen molar-refractivity contribution in [2.24, 2.45) is 0 Å². The van der Waals surface area contributed by atoms with Crippen LogP contribution in [-0.2, 0) is 9.53 Å². The first-order valence-corrected chi connectivity index (χ1v) is 6.26. The van der Waals surface area contributed by atoms with Gasteiger partial charge in [-0.3, -0.25) is 4.79 Å². The molecule has 0 spiro atoms. The summed E-state index contributed by atoms with van der Waals surface area (Å²) in [6.45, 7) is 7.16. The van der Waals surface area contributed by atoms with E-state index in [-0.39, 0.29) is 5.97 Å². The molecule has 4 heteroatoms. The van der Waals surface area contributed by atoms with Gasteiger partial charge in [-0.15, -0.1) is 0 Å². The van der Waals surface area contributed by atoms with E-state index in [1.165, 1.54) is 7.11 Å². The lowest BCUT2D eigenvalue weighted by Gasteiger charge is -2.19. The van der Waals surface area contributed by atoms with Crippen LogP contribution < -0.4 is 0 Å². The maximum atomic E-state index is 10.9. The Hall–Kier alpha value is -0.220. The number of carbonyl (C=O) groups is 1. The lowest BCUT2D eigenvalue weighted by Crippen LogP contribution is -2.28. The van der Waals surface area contributed by atoms with Crippen LogP contribution in [-0.4, -0.2) is 49.1 Å². The van der Waals surface area contributed by atoms with E-state index in [0.717, 1.165) is 31.1 Å². The van der Waals surface area contributed by atoms with Gasteiger partial charge >= 0.3 is 5.97 Å². The second kappa shape index (κ2) is 9.34. The minimum atomic E-state index is -0.119. The number of ether oxygens (including phenoxy) is 1. The average Bonchev–Trinajstić information content (AvgIpc) is 2.22. The highest BCUT2D eigenvalue weighted by Crippen LogP contribution is 2.00. The fourth-order valence-electron chi connectivity index (χ4n) is 1.12. The highest BCUT2D eigenvalue weighted by atomic mass is 32.2. The molecule has 0 radical (unpaired) electrons. The molecule has 0 amide bonds. The SMILES string of the molecule is CCSCCN(CC)CCC(=O)OC. The van der Waals surface area contributed by atoms with Gasteiger partial charge in [-0.25, -0.2) is 0 Å².